The number of aromatic nitrogens is 2. The lowest BCUT2D eigenvalue weighted by Crippen LogP contribution is -2.32. The molecule has 3 heterocycles. The summed E-state index contributed by atoms with van der Waals surface area (Å²) in [7, 11) is 0. The van der Waals surface area contributed by atoms with Crippen molar-refractivity contribution < 1.29 is 14.3 Å². The van der Waals surface area contributed by atoms with Crippen molar-refractivity contribution in [3.8, 4) is 11.5 Å². The number of hydrogen-bond donors (Lipinski definition) is 1. The lowest BCUT2D eigenvalue weighted by Gasteiger charge is -2.18. The first-order chi connectivity index (χ1) is 12.2. The number of ether oxygens (including phenoxy) is 2. The summed E-state index contributed by atoms with van der Waals surface area (Å²) in [6.45, 7) is 1.50. The minimum absolute atomic E-state index is 0.0399. The molecule has 1 aliphatic heterocycles. The third kappa shape index (κ3) is 3.08. The fourth-order valence-electron chi connectivity index (χ4n) is 2.64. The lowest BCUT2D eigenvalue weighted by atomic mass is 10.1. The second-order valence-corrected chi connectivity index (χ2v) is 6.39. The summed E-state index contributed by atoms with van der Waals surface area (Å²) in [5.74, 6) is 1.04. The first-order valence-corrected chi connectivity index (χ1v) is 8.72. The van der Waals surface area contributed by atoms with E-state index < -0.39 is 5.91 Å². The van der Waals surface area contributed by atoms with Crippen molar-refractivity contribution >= 4 is 22.2 Å². The first kappa shape index (κ1) is 15.6. The van der Waals surface area contributed by atoms with Gasteiger partial charge in [0.1, 0.15) is 18.8 Å². The normalized spacial score (nSPS) is 13.0. The first-order valence-electron chi connectivity index (χ1n) is 7.84. The number of benzene rings is 1. The molecule has 0 unspecified atom stereocenters. The van der Waals surface area contributed by atoms with Crippen LogP contribution in [-0.4, -0.2) is 35.1 Å². The van der Waals surface area contributed by atoms with Crippen LogP contribution in [0.15, 0.2) is 40.8 Å². The van der Waals surface area contributed by atoms with E-state index in [-0.39, 0.29) is 11.1 Å². The molecule has 1 aromatic carbocycles. The van der Waals surface area contributed by atoms with Crippen LogP contribution in [0.5, 0.6) is 11.5 Å². The fourth-order valence-corrected chi connectivity index (χ4v) is 3.31. The van der Waals surface area contributed by atoms with E-state index in [1.54, 1.807) is 11.6 Å². The minimum Gasteiger partial charge on any atom is -0.486 e. The Morgan fingerprint density at radius 1 is 1.28 bits per heavy atom. The second-order valence-electron chi connectivity index (χ2n) is 5.52. The number of carbonyl (C=O) groups excluding carboxylic acids is 1. The molecule has 128 valence electrons. The zero-order valence-electron chi connectivity index (χ0n) is 13.2. The van der Waals surface area contributed by atoms with Gasteiger partial charge < -0.3 is 14.8 Å². The summed E-state index contributed by atoms with van der Waals surface area (Å²) in [4.78, 5) is 29.2. The Balaban J connectivity index is 1.41. The highest BCUT2D eigenvalue weighted by atomic mass is 32.1. The lowest BCUT2D eigenvalue weighted by molar-refractivity contribution is 0.0952. The molecule has 0 radical (unpaired) electrons. The van der Waals surface area contributed by atoms with E-state index in [1.165, 1.54) is 21.9 Å². The van der Waals surface area contributed by atoms with Gasteiger partial charge in [-0.3, -0.25) is 14.0 Å². The van der Waals surface area contributed by atoms with E-state index in [2.05, 4.69) is 10.3 Å². The molecule has 0 aliphatic carbocycles. The van der Waals surface area contributed by atoms with E-state index in [4.69, 9.17) is 9.47 Å². The van der Waals surface area contributed by atoms with Crippen LogP contribution in [0.3, 0.4) is 0 Å². The Hall–Kier alpha value is -2.87. The van der Waals surface area contributed by atoms with Crippen LogP contribution in [0.1, 0.15) is 15.9 Å². The molecule has 3 aromatic rings. The number of rotatable bonds is 4. The molecule has 4 rings (SSSR count). The van der Waals surface area contributed by atoms with Crippen molar-refractivity contribution in [1.29, 1.82) is 0 Å². The largest absolute Gasteiger partial charge is 0.486 e. The molecule has 1 aliphatic rings. The van der Waals surface area contributed by atoms with Crippen LogP contribution in [-0.2, 0) is 6.42 Å². The van der Waals surface area contributed by atoms with E-state index in [0.717, 1.165) is 17.1 Å². The van der Waals surface area contributed by atoms with Crippen LogP contribution in [0.2, 0.25) is 0 Å². The van der Waals surface area contributed by atoms with Gasteiger partial charge in [0.15, 0.2) is 16.5 Å². The van der Waals surface area contributed by atoms with Crippen LogP contribution < -0.4 is 20.3 Å². The smallest absolute Gasteiger partial charge is 0.271 e. The van der Waals surface area contributed by atoms with Gasteiger partial charge in [0.25, 0.3) is 11.5 Å². The van der Waals surface area contributed by atoms with Gasteiger partial charge in [0, 0.05) is 24.3 Å². The van der Waals surface area contributed by atoms with Crippen molar-refractivity contribution in [2.75, 3.05) is 19.8 Å². The Bertz CT molecular complexity index is 995. The Kier molecular flexibility index (Phi) is 4.10. The Morgan fingerprint density at radius 3 is 3.00 bits per heavy atom. The number of carbonyl (C=O) groups is 1. The summed E-state index contributed by atoms with van der Waals surface area (Å²) in [6.07, 6.45) is 3.56. The maximum Gasteiger partial charge on any atom is 0.271 e. The average Bonchev–Trinajstić information content (AvgIpc) is 3.11. The average molecular weight is 357 g/mol. The monoisotopic (exact) mass is 357 g/mol. The number of amides is 1. The molecule has 8 heteroatoms. The molecule has 1 N–H and O–H groups in total. The summed E-state index contributed by atoms with van der Waals surface area (Å²) in [5, 5.41) is 4.52. The SMILES string of the molecule is O=C(NCCc1ccc2c(c1)OCCO2)c1cnc2sccn2c1=O. The number of nitrogens with one attached hydrogen (secondary N) is 1. The highest BCUT2D eigenvalue weighted by Crippen LogP contribution is 2.30. The number of fused-ring (bicyclic) bond motifs is 2. The predicted octanol–water partition coefficient (Wildman–Crippen LogP) is 1.50. The molecule has 0 saturated carbocycles. The molecule has 0 fully saturated rings. The van der Waals surface area contributed by atoms with Crippen LogP contribution in [0, 0.1) is 0 Å². The zero-order valence-corrected chi connectivity index (χ0v) is 14.0. The summed E-state index contributed by atoms with van der Waals surface area (Å²) in [6, 6.07) is 5.72. The summed E-state index contributed by atoms with van der Waals surface area (Å²) >= 11 is 1.35. The molecule has 0 spiro atoms. The third-order valence-electron chi connectivity index (χ3n) is 3.89. The quantitative estimate of drug-likeness (QED) is 0.765. The van der Waals surface area contributed by atoms with Crippen molar-refractivity contribution in [3.05, 3.63) is 57.5 Å². The number of nitrogens with zero attached hydrogens (tertiary/aromatic N) is 2. The van der Waals surface area contributed by atoms with Crippen LogP contribution in [0.4, 0.5) is 0 Å². The van der Waals surface area contributed by atoms with Crippen molar-refractivity contribution in [2.45, 2.75) is 6.42 Å². The van der Waals surface area contributed by atoms with Crippen molar-refractivity contribution in [1.82, 2.24) is 14.7 Å². The molecular formula is C17H15N3O4S. The standard InChI is InChI=1S/C17H15N3O4S/c21-15(12-10-19-17-20(16(12)22)5-8-25-17)18-4-3-11-1-2-13-14(9-11)24-7-6-23-13/h1-2,5,8-10H,3-4,6-7H2,(H,18,21). The molecule has 1 amide bonds. The van der Waals surface area contributed by atoms with Crippen LogP contribution >= 0.6 is 11.3 Å². The second kappa shape index (κ2) is 6.56. The summed E-state index contributed by atoms with van der Waals surface area (Å²) in [5.41, 5.74) is 0.703. The van der Waals surface area contributed by atoms with Gasteiger partial charge in [-0.05, 0) is 24.1 Å². The highest BCUT2D eigenvalue weighted by molar-refractivity contribution is 7.15. The van der Waals surface area contributed by atoms with Crippen molar-refractivity contribution in [3.63, 3.8) is 0 Å². The van der Waals surface area contributed by atoms with Gasteiger partial charge >= 0.3 is 0 Å². The summed E-state index contributed by atoms with van der Waals surface area (Å²) < 4.78 is 12.4. The van der Waals surface area contributed by atoms with Gasteiger partial charge in [-0.15, -0.1) is 11.3 Å². The van der Waals surface area contributed by atoms with Gasteiger partial charge in [-0.25, -0.2) is 4.98 Å². The Morgan fingerprint density at radius 2 is 2.12 bits per heavy atom. The highest BCUT2D eigenvalue weighted by Gasteiger charge is 2.14. The van der Waals surface area contributed by atoms with Gasteiger partial charge in [0.05, 0.1) is 0 Å². The molecule has 0 saturated heterocycles. The maximum absolute atomic E-state index is 12.3. The molecule has 25 heavy (non-hydrogen) atoms. The van der Waals surface area contributed by atoms with E-state index >= 15 is 0 Å². The van der Waals surface area contributed by atoms with E-state index in [9.17, 15) is 9.59 Å². The van der Waals surface area contributed by atoms with Crippen molar-refractivity contribution in [2.24, 2.45) is 0 Å². The molecule has 0 atom stereocenters. The van der Waals surface area contributed by atoms with Crippen LogP contribution in [0.25, 0.3) is 4.96 Å². The van der Waals surface area contributed by atoms with E-state index in [0.29, 0.717) is 31.1 Å². The topological polar surface area (TPSA) is 81.9 Å². The fraction of sp³-hybridized carbons (Fsp3) is 0.235. The molecule has 0 bridgehead atoms. The number of thiazole rings is 1. The Labute approximate surface area is 146 Å². The maximum atomic E-state index is 12.3. The molecule has 7 nitrogen and oxygen atoms in total. The van der Waals surface area contributed by atoms with Gasteiger partial charge in [-0.2, -0.15) is 0 Å². The number of hydrogen-bond acceptors (Lipinski definition) is 6. The minimum atomic E-state index is -0.421. The van der Waals surface area contributed by atoms with Gasteiger partial charge in [-0.1, -0.05) is 6.07 Å². The third-order valence-corrected chi connectivity index (χ3v) is 4.66. The van der Waals surface area contributed by atoms with Gasteiger partial charge in [0.2, 0.25) is 0 Å². The molecular weight excluding hydrogens is 342 g/mol. The molecule has 2 aromatic heterocycles. The predicted molar refractivity (Wildman–Crippen MR) is 92.8 cm³/mol. The zero-order chi connectivity index (χ0) is 17.2. The van der Waals surface area contributed by atoms with E-state index in [1.807, 2.05) is 18.2 Å².